The monoisotopic (exact) mass is 279 g/mol. The lowest BCUT2D eigenvalue weighted by Gasteiger charge is -2.16. The van der Waals surface area contributed by atoms with Crippen LogP contribution in [-0.2, 0) is 13.1 Å². The summed E-state index contributed by atoms with van der Waals surface area (Å²) in [6.07, 6.45) is 0. The summed E-state index contributed by atoms with van der Waals surface area (Å²) >= 11 is 6.03. The van der Waals surface area contributed by atoms with Crippen LogP contribution in [0, 0.1) is 6.92 Å². The Morgan fingerprint density at radius 1 is 1.37 bits per heavy atom. The van der Waals surface area contributed by atoms with Crippen molar-refractivity contribution >= 4 is 11.6 Å². The quantitative estimate of drug-likeness (QED) is 0.845. The van der Waals surface area contributed by atoms with Crippen LogP contribution in [0.2, 0.25) is 5.02 Å². The first-order valence-electron chi connectivity index (χ1n) is 6.13. The number of fused-ring (bicyclic) bond motifs is 1. The molecule has 0 radical (unpaired) electrons. The topological polar surface area (TPSA) is 51.4 Å². The average Bonchev–Trinajstić information content (AvgIpc) is 2.67. The molecule has 1 aliphatic heterocycles. The molecule has 2 aromatic rings. The van der Waals surface area contributed by atoms with Gasteiger partial charge in [0.2, 0.25) is 11.8 Å². The lowest BCUT2D eigenvalue weighted by molar-refractivity contribution is 0.202. The third-order valence-corrected chi connectivity index (χ3v) is 3.24. The zero-order valence-corrected chi connectivity index (χ0v) is 11.4. The highest BCUT2D eigenvalue weighted by molar-refractivity contribution is 6.30. The van der Waals surface area contributed by atoms with Gasteiger partial charge in [0.1, 0.15) is 12.4 Å². The number of halogens is 1. The number of rotatable bonds is 2. The Morgan fingerprint density at radius 3 is 3.05 bits per heavy atom. The van der Waals surface area contributed by atoms with Gasteiger partial charge in [0.05, 0.1) is 6.54 Å². The molecule has 100 valence electrons. The van der Waals surface area contributed by atoms with Gasteiger partial charge in [0, 0.05) is 30.6 Å². The summed E-state index contributed by atoms with van der Waals surface area (Å²) < 4.78 is 11.1. The third kappa shape index (κ3) is 2.88. The molecule has 19 heavy (non-hydrogen) atoms. The van der Waals surface area contributed by atoms with Crippen molar-refractivity contribution in [1.82, 2.24) is 15.1 Å². The summed E-state index contributed by atoms with van der Waals surface area (Å²) in [6, 6.07) is 5.70. The van der Waals surface area contributed by atoms with Gasteiger partial charge in [-0.15, -0.1) is 10.2 Å². The summed E-state index contributed by atoms with van der Waals surface area (Å²) in [5.74, 6) is 2.11. The fourth-order valence-corrected chi connectivity index (χ4v) is 2.34. The Bertz CT molecular complexity index is 585. The van der Waals surface area contributed by atoms with E-state index in [2.05, 4.69) is 15.1 Å². The summed E-state index contributed by atoms with van der Waals surface area (Å²) in [5, 5.41) is 8.58. The van der Waals surface area contributed by atoms with Gasteiger partial charge in [-0.1, -0.05) is 11.6 Å². The van der Waals surface area contributed by atoms with Gasteiger partial charge in [-0.25, -0.2) is 0 Å². The molecule has 2 heterocycles. The van der Waals surface area contributed by atoms with Gasteiger partial charge in [-0.2, -0.15) is 0 Å². The molecule has 0 saturated heterocycles. The van der Waals surface area contributed by atoms with Gasteiger partial charge in [0.25, 0.3) is 0 Å². The Labute approximate surface area is 116 Å². The maximum Gasteiger partial charge on any atom is 0.230 e. The van der Waals surface area contributed by atoms with Crippen molar-refractivity contribution in [3.63, 3.8) is 0 Å². The van der Waals surface area contributed by atoms with E-state index in [-0.39, 0.29) is 0 Å². The number of hydrogen-bond acceptors (Lipinski definition) is 5. The van der Waals surface area contributed by atoms with Gasteiger partial charge < -0.3 is 9.15 Å². The molecule has 0 fully saturated rings. The van der Waals surface area contributed by atoms with Crippen LogP contribution in [0.15, 0.2) is 22.6 Å². The van der Waals surface area contributed by atoms with Crippen molar-refractivity contribution < 1.29 is 9.15 Å². The van der Waals surface area contributed by atoms with E-state index in [1.807, 2.05) is 18.2 Å². The molecule has 6 heteroatoms. The Hall–Kier alpha value is -1.59. The lowest BCUT2D eigenvalue weighted by atomic mass is 10.2. The largest absolute Gasteiger partial charge is 0.492 e. The van der Waals surface area contributed by atoms with E-state index in [1.54, 1.807) is 6.92 Å². The first-order valence-corrected chi connectivity index (χ1v) is 6.51. The van der Waals surface area contributed by atoms with E-state index in [0.717, 1.165) is 29.4 Å². The Kier molecular flexibility index (Phi) is 3.40. The van der Waals surface area contributed by atoms with E-state index in [1.165, 1.54) is 0 Å². The standard InChI is InChI=1S/C13H14ClN3O2/c1-9-15-16-13(19-9)8-17-4-5-18-12-3-2-11(14)6-10(12)7-17/h2-3,6H,4-5,7-8H2,1H3. The molecule has 0 bridgehead atoms. The van der Waals surface area contributed by atoms with Crippen LogP contribution in [0.3, 0.4) is 0 Å². The number of ether oxygens (including phenoxy) is 1. The van der Waals surface area contributed by atoms with Crippen molar-refractivity contribution in [3.05, 3.63) is 40.6 Å². The number of benzene rings is 1. The first-order chi connectivity index (χ1) is 9.20. The molecule has 3 rings (SSSR count). The highest BCUT2D eigenvalue weighted by atomic mass is 35.5. The van der Waals surface area contributed by atoms with Crippen LogP contribution in [-0.4, -0.2) is 28.2 Å². The second kappa shape index (κ2) is 5.19. The van der Waals surface area contributed by atoms with Crippen molar-refractivity contribution in [2.45, 2.75) is 20.0 Å². The number of aryl methyl sites for hydroxylation is 1. The second-order valence-corrected chi connectivity index (χ2v) is 4.96. The SMILES string of the molecule is Cc1nnc(CN2CCOc3ccc(Cl)cc3C2)o1. The lowest BCUT2D eigenvalue weighted by Crippen LogP contribution is -2.25. The predicted octanol–water partition coefficient (Wildman–Crippen LogP) is 2.43. The Morgan fingerprint density at radius 2 is 2.26 bits per heavy atom. The molecular formula is C13H14ClN3O2. The molecule has 0 atom stereocenters. The molecule has 0 unspecified atom stereocenters. The fourth-order valence-electron chi connectivity index (χ4n) is 2.14. The minimum atomic E-state index is 0.588. The summed E-state index contributed by atoms with van der Waals surface area (Å²) in [7, 11) is 0. The molecule has 1 aromatic heterocycles. The molecule has 0 spiro atoms. The second-order valence-electron chi connectivity index (χ2n) is 4.53. The van der Waals surface area contributed by atoms with Crippen LogP contribution in [0.4, 0.5) is 0 Å². The van der Waals surface area contributed by atoms with Crippen LogP contribution in [0.5, 0.6) is 5.75 Å². The summed E-state index contributed by atoms with van der Waals surface area (Å²) in [5.41, 5.74) is 1.08. The van der Waals surface area contributed by atoms with E-state index in [0.29, 0.717) is 24.9 Å². The highest BCUT2D eigenvalue weighted by Gasteiger charge is 2.17. The molecule has 1 aromatic carbocycles. The average molecular weight is 280 g/mol. The minimum Gasteiger partial charge on any atom is -0.492 e. The molecule has 0 amide bonds. The summed E-state index contributed by atoms with van der Waals surface area (Å²) in [6.45, 7) is 4.63. The highest BCUT2D eigenvalue weighted by Crippen LogP contribution is 2.26. The van der Waals surface area contributed by atoms with Gasteiger partial charge in [-0.3, -0.25) is 4.90 Å². The van der Waals surface area contributed by atoms with Gasteiger partial charge in [-0.05, 0) is 18.2 Å². The smallest absolute Gasteiger partial charge is 0.230 e. The Balaban J connectivity index is 1.77. The minimum absolute atomic E-state index is 0.588. The number of nitrogens with zero attached hydrogens (tertiary/aromatic N) is 3. The van der Waals surface area contributed by atoms with Crippen molar-refractivity contribution in [2.75, 3.05) is 13.2 Å². The molecule has 1 aliphatic rings. The summed E-state index contributed by atoms with van der Waals surface area (Å²) in [4.78, 5) is 2.20. The number of aromatic nitrogens is 2. The maximum atomic E-state index is 6.03. The van der Waals surface area contributed by atoms with E-state index in [9.17, 15) is 0 Å². The molecule has 0 N–H and O–H groups in total. The molecule has 5 nitrogen and oxygen atoms in total. The van der Waals surface area contributed by atoms with E-state index < -0.39 is 0 Å². The van der Waals surface area contributed by atoms with Crippen LogP contribution in [0.1, 0.15) is 17.3 Å². The third-order valence-electron chi connectivity index (χ3n) is 3.01. The zero-order chi connectivity index (χ0) is 13.2. The predicted molar refractivity (Wildman–Crippen MR) is 70.1 cm³/mol. The van der Waals surface area contributed by atoms with Crippen LogP contribution < -0.4 is 4.74 Å². The van der Waals surface area contributed by atoms with Crippen molar-refractivity contribution in [1.29, 1.82) is 0 Å². The zero-order valence-electron chi connectivity index (χ0n) is 10.6. The van der Waals surface area contributed by atoms with E-state index in [4.69, 9.17) is 20.8 Å². The molecule has 0 saturated carbocycles. The van der Waals surface area contributed by atoms with Crippen LogP contribution >= 0.6 is 11.6 Å². The first kappa shape index (κ1) is 12.4. The number of hydrogen-bond donors (Lipinski definition) is 0. The van der Waals surface area contributed by atoms with Crippen molar-refractivity contribution in [2.24, 2.45) is 0 Å². The van der Waals surface area contributed by atoms with Gasteiger partial charge in [0.15, 0.2) is 0 Å². The van der Waals surface area contributed by atoms with Gasteiger partial charge >= 0.3 is 0 Å². The normalized spacial score (nSPS) is 15.7. The molecular weight excluding hydrogens is 266 g/mol. The van der Waals surface area contributed by atoms with E-state index >= 15 is 0 Å². The van der Waals surface area contributed by atoms with Crippen molar-refractivity contribution in [3.8, 4) is 5.75 Å². The fraction of sp³-hybridized carbons (Fsp3) is 0.385. The van der Waals surface area contributed by atoms with Crippen LogP contribution in [0.25, 0.3) is 0 Å². The maximum absolute atomic E-state index is 6.03. The molecule has 0 aliphatic carbocycles.